The van der Waals surface area contributed by atoms with E-state index in [1.54, 1.807) is 19.2 Å². The molecule has 27 heavy (non-hydrogen) atoms. The smallest absolute Gasteiger partial charge is 0.238 e. The summed E-state index contributed by atoms with van der Waals surface area (Å²) in [6.45, 7) is 1.89. The molecule has 0 aromatic heterocycles. The Morgan fingerprint density at radius 3 is 2.67 bits per heavy atom. The lowest BCUT2D eigenvalue weighted by atomic mass is 10.2. The summed E-state index contributed by atoms with van der Waals surface area (Å²) in [6, 6.07) is 10.8. The van der Waals surface area contributed by atoms with Crippen LogP contribution in [-0.4, -0.2) is 34.2 Å². The third-order valence-electron chi connectivity index (χ3n) is 4.05. The number of nitrogens with one attached hydrogen (secondary N) is 1. The lowest BCUT2D eigenvalue weighted by molar-refractivity contribution is -0.128. The highest BCUT2D eigenvalue weighted by molar-refractivity contribution is 8.15. The average Bonchev–Trinajstić information content (AvgIpc) is 2.63. The molecular weight excluding hydrogens is 389 g/mol. The minimum atomic E-state index is -0.626. The van der Waals surface area contributed by atoms with E-state index < -0.39 is 5.25 Å². The molecule has 1 atom stereocenters. The van der Waals surface area contributed by atoms with Gasteiger partial charge in [0.2, 0.25) is 11.8 Å². The van der Waals surface area contributed by atoms with E-state index in [9.17, 15) is 14.0 Å². The number of hydrogen-bond donors (Lipinski definition) is 1. The summed E-state index contributed by atoms with van der Waals surface area (Å²) in [5.41, 5.74) is 2.00. The van der Waals surface area contributed by atoms with E-state index in [1.807, 2.05) is 13.0 Å². The summed E-state index contributed by atoms with van der Waals surface area (Å²) < 4.78 is 13.0. The van der Waals surface area contributed by atoms with Crippen molar-refractivity contribution < 1.29 is 14.0 Å². The first-order valence-corrected chi connectivity index (χ1v) is 9.44. The van der Waals surface area contributed by atoms with Crippen molar-refractivity contribution in [3.8, 4) is 0 Å². The molecule has 0 bridgehead atoms. The molecule has 1 saturated heterocycles. The van der Waals surface area contributed by atoms with Gasteiger partial charge >= 0.3 is 0 Å². The molecule has 0 radical (unpaired) electrons. The van der Waals surface area contributed by atoms with Crippen molar-refractivity contribution in [3.63, 3.8) is 0 Å². The maximum absolute atomic E-state index is 13.0. The van der Waals surface area contributed by atoms with Crippen LogP contribution in [0.3, 0.4) is 0 Å². The van der Waals surface area contributed by atoms with Crippen molar-refractivity contribution in [1.29, 1.82) is 0 Å². The van der Waals surface area contributed by atoms with Gasteiger partial charge in [-0.2, -0.15) is 0 Å². The number of thioether (sulfide) groups is 1. The molecule has 0 unspecified atom stereocenters. The molecule has 2 aromatic rings. The number of nitrogens with zero attached hydrogens (tertiary/aromatic N) is 2. The molecule has 2 aromatic carbocycles. The summed E-state index contributed by atoms with van der Waals surface area (Å²) in [5, 5.41) is 3.08. The van der Waals surface area contributed by atoms with Crippen molar-refractivity contribution >= 4 is 51.7 Å². The number of carbonyl (C=O) groups is 2. The van der Waals surface area contributed by atoms with Gasteiger partial charge in [0.1, 0.15) is 11.1 Å². The lowest BCUT2D eigenvalue weighted by Gasteiger charge is -2.28. The second kappa shape index (κ2) is 8.10. The quantitative estimate of drug-likeness (QED) is 0.824. The maximum atomic E-state index is 13.0. The highest BCUT2D eigenvalue weighted by Gasteiger charge is 2.34. The van der Waals surface area contributed by atoms with Crippen LogP contribution in [0.1, 0.15) is 12.0 Å². The minimum Gasteiger partial charge on any atom is -0.325 e. The van der Waals surface area contributed by atoms with Crippen LogP contribution in [0.2, 0.25) is 5.02 Å². The van der Waals surface area contributed by atoms with Gasteiger partial charge in [-0.3, -0.25) is 14.5 Å². The monoisotopic (exact) mass is 405 g/mol. The third-order valence-corrected chi connectivity index (χ3v) is 5.70. The van der Waals surface area contributed by atoms with E-state index >= 15 is 0 Å². The molecule has 1 heterocycles. The number of rotatable bonds is 3. The van der Waals surface area contributed by atoms with E-state index in [0.29, 0.717) is 21.6 Å². The van der Waals surface area contributed by atoms with E-state index in [0.717, 1.165) is 5.56 Å². The van der Waals surface area contributed by atoms with E-state index in [4.69, 9.17) is 11.6 Å². The molecule has 0 spiro atoms. The predicted molar refractivity (Wildman–Crippen MR) is 107 cm³/mol. The van der Waals surface area contributed by atoms with Gasteiger partial charge in [-0.25, -0.2) is 9.38 Å². The van der Waals surface area contributed by atoms with Gasteiger partial charge in [0, 0.05) is 24.2 Å². The van der Waals surface area contributed by atoms with Crippen molar-refractivity contribution in [2.45, 2.75) is 18.6 Å². The standard InChI is InChI=1S/C19H17ClFN3O2S/c1-11-3-6-14(9-15(11)20)23-19-24(2)17(25)10-16(27-19)18(26)22-13-7-4-12(21)5-8-13/h3-9,16H,10H2,1-2H3,(H,22,26)/t16-/m1/s1. The van der Waals surface area contributed by atoms with Crippen LogP contribution in [-0.2, 0) is 9.59 Å². The SMILES string of the molecule is Cc1ccc(N=C2S[C@@H](C(=O)Nc3ccc(F)cc3)CC(=O)N2C)cc1Cl. The minimum absolute atomic E-state index is 0.0574. The summed E-state index contributed by atoms with van der Waals surface area (Å²) in [4.78, 5) is 30.7. The van der Waals surface area contributed by atoms with Crippen LogP contribution in [0.5, 0.6) is 0 Å². The number of aliphatic imine (C=N–C) groups is 1. The molecule has 0 saturated carbocycles. The van der Waals surface area contributed by atoms with Gasteiger partial charge < -0.3 is 5.32 Å². The number of amidine groups is 1. The number of benzene rings is 2. The fourth-order valence-electron chi connectivity index (χ4n) is 2.42. The maximum Gasteiger partial charge on any atom is 0.238 e. The fourth-order valence-corrected chi connectivity index (χ4v) is 3.65. The largest absolute Gasteiger partial charge is 0.325 e. The Balaban J connectivity index is 1.78. The molecule has 5 nitrogen and oxygen atoms in total. The van der Waals surface area contributed by atoms with Crippen molar-refractivity contribution in [2.75, 3.05) is 12.4 Å². The summed E-state index contributed by atoms with van der Waals surface area (Å²) in [6.07, 6.45) is 0.0574. The van der Waals surface area contributed by atoms with E-state index in [1.165, 1.54) is 40.9 Å². The number of anilines is 1. The second-order valence-corrected chi connectivity index (χ2v) is 7.66. The molecule has 1 fully saturated rings. The Hall–Kier alpha value is -2.38. The van der Waals surface area contributed by atoms with Gasteiger partial charge in [-0.05, 0) is 48.9 Å². The number of hydrogen-bond acceptors (Lipinski definition) is 4. The van der Waals surface area contributed by atoms with Gasteiger partial charge in [-0.1, -0.05) is 29.4 Å². The van der Waals surface area contributed by atoms with Crippen LogP contribution in [0, 0.1) is 12.7 Å². The zero-order valence-corrected chi connectivity index (χ0v) is 16.3. The summed E-state index contributed by atoms with van der Waals surface area (Å²) >= 11 is 7.33. The topological polar surface area (TPSA) is 61.8 Å². The lowest BCUT2D eigenvalue weighted by Crippen LogP contribution is -2.43. The number of amides is 2. The molecule has 1 aliphatic heterocycles. The molecule has 8 heteroatoms. The zero-order chi connectivity index (χ0) is 19.6. The summed E-state index contributed by atoms with van der Waals surface area (Å²) in [5.74, 6) is -0.921. The second-order valence-electron chi connectivity index (χ2n) is 6.09. The van der Waals surface area contributed by atoms with Crippen LogP contribution >= 0.6 is 23.4 Å². The van der Waals surface area contributed by atoms with Crippen LogP contribution in [0.15, 0.2) is 47.5 Å². The molecular formula is C19H17ClFN3O2S. The average molecular weight is 406 g/mol. The normalized spacial score (nSPS) is 18.7. The van der Waals surface area contributed by atoms with Crippen molar-refractivity contribution in [1.82, 2.24) is 4.90 Å². The molecule has 1 N–H and O–H groups in total. The highest BCUT2D eigenvalue weighted by atomic mass is 35.5. The summed E-state index contributed by atoms with van der Waals surface area (Å²) in [7, 11) is 1.62. The Morgan fingerprint density at radius 2 is 2.00 bits per heavy atom. The number of halogens is 2. The molecule has 3 rings (SSSR count). The van der Waals surface area contributed by atoms with Crippen LogP contribution in [0.25, 0.3) is 0 Å². The predicted octanol–water partition coefficient (Wildman–Crippen LogP) is 4.38. The Labute approximate surface area is 165 Å². The zero-order valence-electron chi connectivity index (χ0n) is 14.7. The Bertz CT molecular complexity index is 918. The number of carbonyl (C=O) groups excluding carboxylic acids is 2. The van der Waals surface area contributed by atoms with Crippen LogP contribution in [0.4, 0.5) is 15.8 Å². The van der Waals surface area contributed by atoms with E-state index in [2.05, 4.69) is 10.3 Å². The number of aryl methyl sites for hydroxylation is 1. The van der Waals surface area contributed by atoms with Crippen molar-refractivity contribution in [2.24, 2.45) is 4.99 Å². The molecule has 140 valence electrons. The van der Waals surface area contributed by atoms with E-state index in [-0.39, 0.29) is 24.1 Å². The van der Waals surface area contributed by atoms with Crippen LogP contribution < -0.4 is 5.32 Å². The molecule has 2 amide bonds. The van der Waals surface area contributed by atoms with Gasteiger partial charge in [0.25, 0.3) is 0 Å². The fraction of sp³-hybridized carbons (Fsp3) is 0.211. The van der Waals surface area contributed by atoms with Crippen molar-refractivity contribution in [3.05, 3.63) is 58.9 Å². The van der Waals surface area contributed by atoms with Gasteiger partial charge in [0.05, 0.1) is 5.69 Å². The molecule has 0 aliphatic carbocycles. The highest BCUT2D eigenvalue weighted by Crippen LogP contribution is 2.30. The first-order chi connectivity index (χ1) is 12.8. The van der Waals surface area contributed by atoms with Gasteiger partial charge in [0.15, 0.2) is 5.17 Å². The third kappa shape index (κ3) is 4.67. The first-order valence-electron chi connectivity index (χ1n) is 8.18. The molecule has 1 aliphatic rings. The van der Waals surface area contributed by atoms with Gasteiger partial charge in [-0.15, -0.1) is 0 Å². The Morgan fingerprint density at radius 1 is 1.30 bits per heavy atom. The first kappa shape index (κ1) is 19.4. The Kier molecular flexibility index (Phi) is 5.82.